The zero-order valence-electron chi connectivity index (χ0n) is 9.20. The van der Waals surface area contributed by atoms with Crippen LogP contribution in [0.25, 0.3) is 0 Å². The number of allylic oxidation sites excluding steroid dienone is 1. The highest BCUT2D eigenvalue weighted by molar-refractivity contribution is 9.10. The third-order valence-electron chi connectivity index (χ3n) is 1.68. The van der Waals surface area contributed by atoms with Crippen molar-refractivity contribution >= 4 is 21.9 Å². The molecule has 0 radical (unpaired) electrons. The first-order valence-electron chi connectivity index (χ1n) is 4.90. The maximum atomic E-state index is 11.1. The zero-order valence-corrected chi connectivity index (χ0v) is 10.8. The van der Waals surface area contributed by atoms with Crippen LogP contribution < -0.4 is 4.74 Å². The molecule has 3 nitrogen and oxygen atoms in total. The lowest BCUT2D eigenvalue weighted by Crippen LogP contribution is -2.02. The minimum absolute atomic E-state index is 0.361. The van der Waals surface area contributed by atoms with Gasteiger partial charge in [0.25, 0.3) is 0 Å². The third kappa shape index (κ3) is 4.49. The quantitative estimate of drug-likeness (QED) is 0.484. The van der Waals surface area contributed by atoms with E-state index in [9.17, 15) is 4.79 Å². The van der Waals surface area contributed by atoms with E-state index in [2.05, 4.69) is 15.9 Å². The van der Waals surface area contributed by atoms with Gasteiger partial charge in [-0.2, -0.15) is 0 Å². The summed E-state index contributed by atoms with van der Waals surface area (Å²) in [6.07, 6.45) is 1.32. The first-order valence-corrected chi connectivity index (χ1v) is 5.69. The largest absolute Gasteiger partial charge is 0.463 e. The van der Waals surface area contributed by atoms with Gasteiger partial charge in [0.05, 0.1) is 12.7 Å². The summed E-state index contributed by atoms with van der Waals surface area (Å²) >= 11 is 3.34. The van der Waals surface area contributed by atoms with E-state index in [1.54, 1.807) is 13.8 Å². The lowest BCUT2D eigenvalue weighted by atomic mass is 10.3. The van der Waals surface area contributed by atoms with E-state index in [0.29, 0.717) is 18.1 Å². The topological polar surface area (TPSA) is 35.5 Å². The highest BCUT2D eigenvalue weighted by atomic mass is 79.9. The fraction of sp³-hybridized carbons (Fsp3) is 0.250. The Morgan fingerprint density at radius 1 is 1.50 bits per heavy atom. The molecule has 86 valence electrons. The van der Waals surface area contributed by atoms with Crippen LogP contribution in [0.5, 0.6) is 5.75 Å². The molecule has 0 aliphatic rings. The van der Waals surface area contributed by atoms with Gasteiger partial charge in [0, 0.05) is 4.47 Å². The number of ether oxygens (including phenoxy) is 2. The van der Waals surface area contributed by atoms with Gasteiger partial charge in [0.2, 0.25) is 0 Å². The van der Waals surface area contributed by atoms with Gasteiger partial charge in [-0.1, -0.05) is 22.0 Å². The normalized spacial score (nSPS) is 11.1. The van der Waals surface area contributed by atoms with Crippen LogP contribution in [0.15, 0.2) is 40.6 Å². The molecule has 0 N–H and O–H groups in total. The molecule has 0 bridgehead atoms. The van der Waals surface area contributed by atoms with Crippen LogP contribution in [0.1, 0.15) is 13.8 Å². The first-order chi connectivity index (χ1) is 7.61. The molecule has 0 fully saturated rings. The summed E-state index contributed by atoms with van der Waals surface area (Å²) in [5.41, 5.74) is 0. The summed E-state index contributed by atoms with van der Waals surface area (Å²) in [4.78, 5) is 11.1. The number of benzene rings is 1. The van der Waals surface area contributed by atoms with Crippen LogP contribution in [0.3, 0.4) is 0 Å². The molecule has 0 atom stereocenters. The zero-order chi connectivity index (χ0) is 12.0. The van der Waals surface area contributed by atoms with E-state index in [4.69, 9.17) is 9.47 Å². The van der Waals surface area contributed by atoms with Crippen molar-refractivity contribution in [2.75, 3.05) is 6.61 Å². The van der Waals surface area contributed by atoms with Gasteiger partial charge in [0.15, 0.2) is 0 Å². The second-order valence-electron chi connectivity index (χ2n) is 3.07. The van der Waals surface area contributed by atoms with Crippen molar-refractivity contribution in [3.8, 4) is 5.75 Å². The molecule has 16 heavy (non-hydrogen) atoms. The highest BCUT2D eigenvalue weighted by Crippen LogP contribution is 2.19. The number of rotatable bonds is 4. The van der Waals surface area contributed by atoms with Crippen LogP contribution >= 0.6 is 15.9 Å². The number of hydrogen-bond acceptors (Lipinski definition) is 3. The Balaban J connectivity index is 2.63. The van der Waals surface area contributed by atoms with Crippen LogP contribution in [-0.4, -0.2) is 12.6 Å². The van der Waals surface area contributed by atoms with E-state index < -0.39 is 5.97 Å². The maximum Gasteiger partial charge on any atom is 0.334 e. The molecule has 0 saturated heterocycles. The average Bonchev–Trinajstić information content (AvgIpc) is 2.17. The number of hydrogen-bond donors (Lipinski definition) is 0. The summed E-state index contributed by atoms with van der Waals surface area (Å²) in [6, 6.07) is 7.39. The summed E-state index contributed by atoms with van der Waals surface area (Å²) in [5, 5.41) is 0. The van der Waals surface area contributed by atoms with Crippen LogP contribution in [0, 0.1) is 0 Å². The molecule has 0 amide bonds. The van der Waals surface area contributed by atoms with Gasteiger partial charge in [-0.3, -0.25) is 0 Å². The molecule has 0 aliphatic heterocycles. The maximum absolute atomic E-state index is 11.1. The lowest BCUT2D eigenvalue weighted by Gasteiger charge is -2.05. The molecule has 1 aromatic carbocycles. The number of carbonyl (C=O) groups excluding carboxylic acids is 1. The van der Waals surface area contributed by atoms with E-state index in [1.807, 2.05) is 24.3 Å². The van der Waals surface area contributed by atoms with Crippen molar-refractivity contribution in [2.45, 2.75) is 13.8 Å². The van der Waals surface area contributed by atoms with Crippen molar-refractivity contribution < 1.29 is 14.3 Å². The fourth-order valence-corrected chi connectivity index (χ4v) is 1.47. The Labute approximate surface area is 103 Å². The number of carbonyl (C=O) groups is 1. The molecule has 0 aromatic heterocycles. The van der Waals surface area contributed by atoms with Gasteiger partial charge in [-0.15, -0.1) is 0 Å². The smallest absolute Gasteiger partial charge is 0.334 e. The predicted octanol–water partition coefficient (Wildman–Crippen LogP) is 3.29. The minimum atomic E-state index is -0.394. The average molecular weight is 285 g/mol. The van der Waals surface area contributed by atoms with Crippen molar-refractivity contribution in [3.05, 3.63) is 40.6 Å². The van der Waals surface area contributed by atoms with E-state index in [-0.39, 0.29) is 0 Å². The Hall–Kier alpha value is -1.29. The van der Waals surface area contributed by atoms with Gasteiger partial charge in [-0.05, 0) is 32.0 Å². The van der Waals surface area contributed by atoms with Gasteiger partial charge in [0.1, 0.15) is 11.5 Å². The Morgan fingerprint density at radius 3 is 2.88 bits per heavy atom. The molecule has 0 saturated carbocycles. The van der Waals surface area contributed by atoms with Gasteiger partial charge < -0.3 is 9.47 Å². The second kappa shape index (κ2) is 6.33. The van der Waals surface area contributed by atoms with E-state index >= 15 is 0 Å². The highest BCUT2D eigenvalue weighted by Gasteiger charge is 2.00. The van der Waals surface area contributed by atoms with Crippen LogP contribution in [0.4, 0.5) is 0 Å². The summed E-state index contributed by atoms with van der Waals surface area (Å²) in [6.45, 7) is 3.83. The van der Waals surface area contributed by atoms with E-state index in [0.717, 1.165) is 4.47 Å². The Bertz CT molecular complexity index is 399. The van der Waals surface area contributed by atoms with E-state index in [1.165, 1.54) is 6.08 Å². The molecule has 0 aliphatic carbocycles. The molecule has 4 heteroatoms. The molecule has 0 unspecified atom stereocenters. The fourth-order valence-electron chi connectivity index (χ4n) is 1.10. The number of esters is 1. The summed E-state index contributed by atoms with van der Waals surface area (Å²) in [7, 11) is 0. The Kier molecular flexibility index (Phi) is 5.05. The Morgan fingerprint density at radius 2 is 2.25 bits per heavy atom. The summed E-state index contributed by atoms with van der Waals surface area (Å²) < 4.78 is 11.1. The van der Waals surface area contributed by atoms with Crippen LogP contribution in [0.2, 0.25) is 0 Å². The third-order valence-corrected chi connectivity index (χ3v) is 2.18. The molecule has 0 spiro atoms. The molecular formula is C12H13BrO3. The van der Waals surface area contributed by atoms with Gasteiger partial charge >= 0.3 is 5.97 Å². The molecule has 0 heterocycles. The van der Waals surface area contributed by atoms with Crippen molar-refractivity contribution in [1.29, 1.82) is 0 Å². The first kappa shape index (κ1) is 12.8. The minimum Gasteiger partial charge on any atom is -0.463 e. The predicted molar refractivity (Wildman–Crippen MR) is 65.2 cm³/mol. The van der Waals surface area contributed by atoms with Crippen molar-refractivity contribution in [1.82, 2.24) is 0 Å². The van der Waals surface area contributed by atoms with Crippen molar-refractivity contribution in [2.24, 2.45) is 0 Å². The lowest BCUT2D eigenvalue weighted by molar-refractivity contribution is -0.137. The molecule has 1 aromatic rings. The standard InChI is InChI=1S/C12H13BrO3/c1-3-15-12(14)7-9(2)16-11-6-4-5-10(13)8-11/h4-8H,3H2,1-2H3. The monoisotopic (exact) mass is 284 g/mol. The molecular weight excluding hydrogens is 272 g/mol. The second-order valence-corrected chi connectivity index (χ2v) is 3.98. The summed E-state index contributed by atoms with van der Waals surface area (Å²) in [5.74, 6) is 0.777. The van der Waals surface area contributed by atoms with Crippen molar-refractivity contribution in [3.63, 3.8) is 0 Å². The van der Waals surface area contributed by atoms with Crippen LogP contribution in [-0.2, 0) is 9.53 Å². The molecule has 1 rings (SSSR count). The SMILES string of the molecule is CCOC(=O)C=C(C)Oc1cccc(Br)c1. The van der Waals surface area contributed by atoms with Gasteiger partial charge in [-0.25, -0.2) is 4.79 Å². The number of halogens is 1.